The molecule has 0 saturated carbocycles. The van der Waals surface area contributed by atoms with Crippen LogP contribution in [-0.2, 0) is 35.1 Å². The minimum atomic E-state index is -0.741. The highest BCUT2D eigenvalue weighted by molar-refractivity contribution is 6.05. The van der Waals surface area contributed by atoms with Crippen molar-refractivity contribution in [1.29, 1.82) is 0 Å². The van der Waals surface area contributed by atoms with Gasteiger partial charge in [-0.3, -0.25) is 9.69 Å². The average Bonchev–Trinajstić information content (AvgIpc) is 3.09. The zero-order valence-electron chi connectivity index (χ0n) is 19.7. The second kappa shape index (κ2) is 9.82. The van der Waals surface area contributed by atoms with Crippen molar-refractivity contribution < 1.29 is 33.4 Å². The summed E-state index contributed by atoms with van der Waals surface area (Å²) in [7, 11) is 2.43. The average molecular weight is 469 g/mol. The first-order valence-electron chi connectivity index (χ1n) is 10.5. The summed E-state index contributed by atoms with van der Waals surface area (Å²) < 4.78 is 15.2. The molecule has 0 atom stereocenters. The fraction of sp³-hybridized carbons (Fsp3) is 0.333. The first kappa shape index (κ1) is 24.6. The molecule has 3 rings (SSSR count). The van der Waals surface area contributed by atoms with Gasteiger partial charge in [-0.15, -0.1) is 0 Å². The van der Waals surface area contributed by atoms with Crippen LogP contribution in [-0.4, -0.2) is 55.2 Å². The summed E-state index contributed by atoms with van der Waals surface area (Å²) in [6.45, 7) is 5.15. The van der Waals surface area contributed by atoms with Crippen molar-refractivity contribution in [2.45, 2.75) is 32.9 Å². The molecule has 34 heavy (non-hydrogen) atoms. The lowest BCUT2D eigenvalue weighted by Crippen LogP contribution is -2.39. The Morgan fingerprint density at radius 1 is 1.00 bits per heavy atom. The monoisotopic (exact) mass is 469 g/mol. The molecular formula is C24H27N3O7. The molecule has 1 aromatic rings. The van der Waals surface area contributed by atoms with Crippen molar-refractivity contribution >= 4 is 35.3 Å². The van der Waals surface area contributed by atoms with Crippen LogP contribution in [0.25, 0.3) is 0 Å². The minimum Gasteiger partial charge on any atom is -0.465 e. The van der Waals surface area contributed by atoms with Gasteiger partial charge in [0.1, 0.15) is 17.8 Å². The van der Waals surface area contributed by atoms with Gasteiger partial charge in [0.25, 0.3) is 0 Å². The Kier molecular flexibility index (Phi) is 7.09. The summed E-state index contributed by atoms with van der Waals surface area (Å²) in [6, 6.07) is 5.06. The number of benzene rings is 1. The summed E-state index contributed by atoms with van der Waals surface area (Å²) in [5, 5.41) is 2.78. The number of anilines is 2. The van der Waals surface area contributed by atoms with Gasteiger partial charge in [0, 0.05) is 17.6 Å². The number of nitrogens with zero attached hydrogens (tertiary/aromatic N) is 2. The molecule has 180 valence electrons. The van der Waals surface area contributed by atoms with Gasteiger partial charge >= 0.3 is 18.0 Å². The van der Waals surface area contributed by atoms with Crippen molar-refractivity contribution in [2.75, 3.05) is 31.0 Å². The van der Waals surface area contributed by atoms with Crippen molar-refractivity contribution in [3.05, 3.63) is 59.5 Å². The summed E-state index contributed by atoms with van der Waals surface area (Å²) in [4.78, 5) is 52.9. The largest absolute Gasteiger partial charge is 0.465 e. The number of fused-ring (bicyclic) bond motifs is 1. The molecule has 0 fully saturated rings. The highest BCUT2D eigenvalue weighted by Crippen LogP contribution is 2.31. The van der Waals surface area contributed by atoms with Crippen LogP contribution in [0.1, 0.15) is 26.3 Å². The van der Waals surface area contributed by atoms with Crippen LogP contribution in [0.15, 0.2) is 53.9 Å². The Hall–Kier alpha value is -4.08. The molecular weight excluding hydrogens is 442 g/mol. The van der Waals surface area contributed by atoms with E-state index < -0.39 is 23.6 Å². The quantitative estimate of drug-likeness (QED) is 0.531. The summed E-state index contributed by atoms with van der Waals surface area (Å²) in [5.41, 5.74) is 0.885. The molecule has 10 heteroatoms. The predicted molar refractivity (Wildman–Crippen MR) is 124 cm³/mol. The van der Waals surface area contributed by atoms with E-state index in [1.54, 1.807) is 57.3 Å². The molecule has 0 bridgehead atoms. The van der Waals surface area contributed by atoms with E-state index in [9.17, 15) is 19.2 Å². The van der Waals surface area contributed by atoms with Crippen LogP contribution in [0.5, 0.6) is 0 Å². The maximum Gasteiger partial charge on any atom is 0.411 e. The summed E-state index contributed by atoms with van der Waals surface area (Å²) >= 11 is 0. The van der Waals surface area contributed by atoms with E-state index in [2.05, 4.69) is 5.32 Å². The smallest absolute Gasteiger partial charge is 0.411 e. The van der Waals surface area contributed by atoms with Gasteiger partial charge in [0.05, 0.1) is 26.3 Å². The van der Waals surface area contributed by atoms with E-state index in [4.69, 9.17) is 14.2 Å². The number of allylic oxidation sites excluding steroid dienone is 2. The number of methoxy groups -OCH3 is 2. The van der Waals surface area contributed by atoms with Crippen molar-refractivity contribution in [3.8, 4) is 0 Å². The van der Waals surface area contributed by atoms with E-state index in [1.165, 1.54) is 30.1 Å². The van der Waals surface area contributed by atoms with E-state index in [-0.39, 0.29) is 30.3 Å². The Balaban J connectivity index is 2.05. The first-order valence-corrected chi connectivity index (χ1v) is 10.5. The van der Waals surface area contributed by atoms with E-state index in [0.717, 1.165) is 0 Å². The molecule has 0 aliphatic carbocycles. The number of carbonyl (C=O) groups excluding carboxylic acids is 4. The number of rotatable bonds is 3. The first-order chi connectivity index (χ1) is 16.0. The molecule has 2 aliphatic heterocycles. The number of hydrogen-bond donors (Lipinski definition) is 1. The molecule has 2 aliphatic rings. The van der Waals surface area contributed by atoms with E-state index in [1.807, 2.05) is 0 Å². The van der Waals surface area contributed by atoms with Crippen molar-refractivity contribution in [1.82, 2.24) is 4.90 Å². The van der Waals surface area contributed by atoms with Crippen molar-refractivity contribution in [3.63, 3.8) is 0 Å². The van der Waals surface area contributed by atoms with Crippen LogP contribution in [0, 0.1) is 0 Å². The fourth-order valence-electron chi connectivity index (χ4n) is 3.43. The van der Waals surface area contributed by atoms with Gasteiger partial charge < -0.3 is 24.4 Å². The SMILES string of the molecule is COC(=O)C1=C(C(=O)OC)N(c2ccc3c(c2)CN(C(=O)OC(C)(C)C)CC(=O)N3)C=CC=C1. The zero-order valence-corrected chi connectivity index (χ0v) is 19.7. The van der Waals surface area contributed by atoms with Gasteiger partial charge in [-0.2, -0.15) is 0 Å². The Morgan fingerprint density at radius 3 is 2.35 bits per heavy atom. The molecule has 0 unspecified atom stereocenters. The molecule has 2 heterocycles. The van der Waals surface area contributed by atoms with Crippen LogP contribution < -0.4 is 10.2 Å². The standard InChI is InChI=1S/C24H27N3O7/c1-24(2,3)34-23(31)26-13-15-12-16(9-10-18(15)25-19(28)14-26)27-11-7-6-8-17(21(29)32-4)20(27)22(30)33-5/h6-12H,13-14H2,1-5H3,(H,25,28). The maximum absolute atomic E-state index is 12.7. The minimum absolute atomic E-state index is 0.0120. The number of esters is 2. The van der Waals surface area contributed by atoms with Crippen LogP contribution >= 0.6 is 0 Å². The molecule has 0 radical (unpaired) electrons. The number of ether oxygens (including phenoxy) is 3. The topological polar surface area (TPSA) is 114 Å². The highest BCUT2D eigenvalue weighted by atomic mass is 16.6. The number of amides is 2. The van der Waals surface area contributed by atoms with Crippen molar-refractivity contribution in [2.24, 2.45) is 0 Å². The molecule has 0 spiro atoms. The molecule has 1 N–H and O–H groups in total. The Morgan fingerprint density at radius 2 is 1.71 bits per heavy atom. The lowest BCUT2D eigenvalue weighted by atomic mass is 10.1. The number of hydrogen-bond acceptors (Lipinski definition) is 8. The van der Waals surface area contributed by atoms with E-state index >= 15 is 0 Å². The van der Waals surface area contributed by atoms with Crippen LogP contribution in [0.4, 0.5) is 16.2 Å². The lowest BCUT2D eigenvalue weighted by Gasteiger charge is -2.26. The maximum atomic E-state index is 12.7. The van der Waals surface area contributed by atoms with Crippen LogP contribution in [0.3, 0.4) is 0 Å². The summed E-state index contributed by atoms with van der Waals surface area (Å²) in [5.74, 6) is -1.81. The Bertz CT molecular complexity index is 1110. The van der Waals surface area contributed by atoms with Gasteiger partial charge in [0.2, 0.25) is 5.91 Å². The predicted octanol–water partition coefficient (Wildman–Crippen LogP) is 2.87. The van der Waals surface area contributed by atoms with Crippen LogP contribution in [0.2, 0.25) is 0 Å². The van der Waals surface area contributed by atoms with Gasteiger partial charge in [-0.25, -0.2) is 14.4 Å². The molecule has 10 nitrogen and oxygen atoms in total. The van der Waals surface area contributed by atoms with E-state index in [0.29, 0.717) is 16.9 Å². The number of carbonyl (C=O) groups is 4. The van der Waals surface area contributed by atoms with Gasteiger partial charge in [-0.1, -0.05) is 6.08 Å². The molecule has 0 aromatic heterocycles. The molecule has 0 saturated heterocycles. The second-order valence-electron chi connectivity index (χ2n) is 8.54. The fourth-order valence-corrected chi connectivity index (χ4v) is 3.43. The third-order valence-electron chi connectivity index (χ3n) is 4.88. The third-order valence-corrected chi connectivity index (χ3v) is 4.88. The number of nitrogens with one attached hydrogen (secondary N) is 1. The summed E-state index contributed by atoms with van der Waals surface area (Å²) in [6.07, 6.45) is 5.69. The third kappa shape index (κ3) is 5.45. The second-order valence-corrected chi connectivity index (χ2v) is 8.54. The van der Waals surface area contributed by atoms with Gasteiger partial charge in [0.15, 0.2) is 0 Å². The zero-order chi connectivity index (χ0) is 25.0. The normalized spacial score (nSPS) is 15.7. The Labute approximate surface area is 197 Å². The lowest BCUT2D eigenvalue weighted by molar-refractivity contribution is -0.139. The molecule has 2 amide bonds. The highest BCUT2D eigenvalue weighted by Gasteiger charge is 2.30. The van der Waals surface area contributed by atoms with Gasteiger partial charge in [-0.05, 0) is 56.7 Å². The molecule has 1 aromatic carbocycles.